The number of methoxy groups -OCH3 is 2. The summed E-state index contributed by atoms with van der Waals surface area (Å²) in [5.41, 5.74) is 2.41. The van der Waals surface area contributed by atoms with Gasteiger partial charge in [0.05, 0.1) is 38.2 Å². The third-order valence-corrected chi connectivity index (χ3v) is 7.69. The Morgan fingerprint density at radius 3 is 2.34 bits per heavy atom. The first-order valence-electron chi connectivity index (χ1n) is 12.0. The van der Waals surface area contributed by atoms with E-state index in [2.05, 4.69) is 5.32 Å². The average Bonchev–Trinajstić information content (AvgIpc) is 2.92. The van der Waals surface area contributed by atoms with E-state index in [0.717, 1.165) is 11.1 Å². The number of carbonyl (C=O) groups excluding carboxylic acids is 2. The Bertz CT molecular complexity index is 1390. The molecule has 2 amide bonds. The minimum atomic E-state index is -4.08. The van der Waals surface area contributed by atoms with E-state index in [0.29, 0.717) is 17.1 Å². The minimum Gasteiger partial charge on any atom is -0.497 e. The van der Waals surface area contributed by atoms with Crippen molar-refractivity contribution in [2.75, 3.05) is 20.8 Å². The van der Waals surface area contributed by atoms with Crippen molar-refractivity contribution in [1.29, 1.82) is 0 Å². The molecule has 200 valence electrons. The third-order valence-electron chi connectivity index (χ3n) is 6.40. The Labute approximate surface area is 222 Å². The summed E-state index contributed by atoms with van der Waals surface area (Å²) < 4.78 is 41.7. The van der Waals surface area contributed by atoms with Crippen LogP contribution in [-0.4, -0.2) is 58.0 Å². The van der Waals surface area contributed by atoms with Gasteiger partial charge in [0.25, 0.3) is 10.1 Å². The van der Waals surface area contributed by atoms with Crippen LogP contribution in [0, 0.1) is 6.92 Å². The fourth-order valence-electron chi connectivity index (χ4n) is 4.25. The molecular formula is C28H30N2O7S. The maximum absolute atomic E-state index is 13.2. The molecule has 2 atom stereocenters. The SMILES string of the molecule is COc1ccc(CN2C(=O)C(NC(=O)Cc3ccccc3)C2COS(=O)(=O)c2ccc(C)cc2)c(OC)c1. The fraction of sp³-hybridized carbons (Fsp3) is 0.286. The predicted octanol–water partition coefficient (Wildman–Crippen LogP) is 2.86. The summed E-state index contributed by atoms with van der Waals surface area (Å²) >= 11 is 0. The first-order chi connectivity index (χ1) is 18.2. The van der Waals surface area contributed by atoms with E-state index in [1.54, 1.807) is 30.3 Å². The Morgan fingerprint density at radius 1 is 0.974 bits per heavy atom. The molecule has 0 radical (unpaired) electrons. The van der Waals surface area contributed by atoms with Gasteiger partial charge in [0.15, 0.2) is 0 Å². The van der Waals surface area contributed by atoms with Crippen LogP contribution < -0.4 is 14.8 Å². The van der Waals surface area contributed by atoms with Gasteiger partial charge in [0.2, 0.25) is 11.8 Å². The highest BCUT2D eigenvalue weighted by Gasteiger charge is 2.49. The first kappa shape index (κ1) is 27.2. The molecule has 3 aromatic rings. The molecule has 3 aromatic carbocycles. The van der Waals surface area contributed by atoms with Crippen molar-refractivity contribution in [3.63, 3.8) is 0 Å². The second kappa shape index (κ2) is 11.7. The molecule has 0 aromatic heterocycles. The largest absolute Gasteiger partial charge is 0.497 e. The highest BCUT2D eigenvalue weighted by molar-refractivity contribution is 7.86. The Morgan fingerprint density at radius 2 is 1.68 bits per heavy atom. The molecule has 1 aliphatic rings. The van der Waals surface area contributed by atoms with Crippen LogP contribution in [0.15, 0.2) is 77.7 Å². The lowest BCUT2D eigenvalue weighted by molar-refractivity contribution is -0.156. The van der Waals surface area contributed by atoms with Crippen LogP contribution in [0.3, 0.4) is 0 Å². The highest BCUT2D eigenvalue weighted by Crippen LogP contribution is 2.31. The fourth-order valence-corrected chi connectivity index (χ4v) is 5.17. The number of β-lactam (4-membered cyclic amide) rings is 1. The van der Waals surface area contributed by atoms with Crippen LogP contribution in [-0.2, 0) is 36.9 Å². The van der Waals surface area contributed by atoms with Crippen molar-refractivity contribution in [3.8, 4) is 11.5 Å². The number of carbonyl (C=O) groups is 2. The van der Waals surface area contributed by atoms with E-state index in [4.69, 9.17) is 13.7 Å². The van der Waals surface area contributed by atoms with Crippen molar-refractivity contribution in [3.05, 3.63) is 89.5 Å². The zero-order valence-corrected chi connectivity index (χ0v) is 22.2. The molecule has 0 aliphatic carbocycles. The number of nitrogens with one attached hydrogen (secondary N) is 1. The van der Waals surface area contributed by atoms with E-state index in [9.17, 15) is 18.0 Å². The monoisotopic (exact) mass is 538 g/mol. The highest BCUT2D eigenvalue weighted by atomic mass is 32.2. The predicted molar refractivity (Wildman–Crippen MR) is 140 cm³/mol. The molecule has 1 N–H and O–H groups in total. The second-order valence-electron chi connectivity index (χ2n) is 8.97. The number of ether oxygens (including phenoxy) is 2. The molecule has 1 saturated heterocycles. The molecule has 10 heteroatoms. The van der Waals surface area contributed by atoms with Gasteiger partial charge in [-0.25, -0.2) is 0 Å². The molecule has 1 aliphatic heterocycles. The number of amides is 2. The van der Waals surface area contributed by atoms with Gasteiger partial charge in [0.1, 0.15) is 17.5 Å². The summed E-state index contributed by atoms with van der Waals surface area (Å²) in [5, 5.41) is 2.75. The standard InChI is InChI=1S/C28H30N2O7S/c1-19-9-13-23(14-10-19)38(33,34)37-18-24-27(29-26(31)15-20-7-5-4-6-8-20)28(32)30(24)17-21-11-12-22(35-2)16-25(21)36-3/h4-14,16,24,27H,15,17-18H2,1-3H3,(H,29,31). The van der Waals surface area contributed by atoms with Crippen LogP contribution >= 0.6 is 0 Å². The quantitative estimate of drug-likeness (QED) is 0.295. The molecule has 2 unspecified atom stereocenters. The lowest BCUT2D eigenvalue weighted by atomic mass is 9.94. The number of rotatable bonds is 11. The average molecular weight is 539 g/mol. The number of likely N-dealkylation sites (tertiary alicyclic amines) is 1. The van der Waals surface area contributed by atoms with Crippen molar-refractivity contribution in [2.45, 2.75) is 36.9 Å². The van der Waals surface area contributed by atoms with Gasteiger partial charge in [0, 0.05) is 18.2 Å². The van der Waals surface area contributed by atoms with E-state index >= 15 is 0 Å². The van der Waals surface area contributed by atoms with Crippen molar-refractivity contribution in [2.24, 2.45) is 0 Å². The Balaban J connectivity index is 1.53. The van der Waals surface area contributed by atoms with Gasteiger partial charge in [-0.3, -0.25) is 13.8 Å². The molecule has 4 rings (SSSR count). The minimum absolute atomic E-state index is 0.0155. The zero-order valence-electron chi connectivity index (χ0n) is 21.4. The molecule has 1 heterocycles. The van der Waals surface area contributed by atoms with Gasteiger partial charge >= 0.3 is 0 Å². The normalized spacial score (nSPS) is 17.0. The van der Waals surface area contributed by atoms with E-state index in [1.807, 2.05) is 37.3 Å². The number of hydrogen-bond acceptors (Lipinski definition) is 7. The van der Waals surface area contributed by atoms with Crippen LogP contribution in [0.4, 0.5) is 0 Å². The Kier molecular flexibility index (Phi) is 8.33. The number of nitrogens with zero attached hydrogens (tertiary/aromatic N) is 1. The third kappa shape index (κ3) is 6.15. The van der Waals surface area contributed by atoms with Gasteiger partial charge in [-0.15, -0.1) is 0 Å². The van der Waals surface area contributed by atoms with Crippen molar-refractivity contribution in [1.82, 2.24) is 10.2 Å². The van der Waals surface area contributed by atoms with Crippen LogP contribution in [0.5, 0.6) is 11.5 Å². The summed E-state index contributed by atoms with van der Waals surface area (Å²) in [5.74, 6) is 0.421. The van der Waals surface area contributed by atoms with Crippen molar-refractivity contribution >= 4 is 21.9 Å². The lowest BCUT2D eigenvalue weighted by Gasteiger charge is -2.47. The van der Waals surface area contributed by atoms with E-state index in [1.165, 1.54) is 31.3 Å². The zero-order chi connectivity index (χ0) is 27.3. The van der Waals surface area contributed by atoms with Gasteiger partial charge in [-0.1, -0.05) is 48.0 Å². The number of aryl methyl sites for hydroxylation is 1. The molecule has 0 saturated carbocycles. The molecule has 9 nitrogen and oxygen atoms in total. The molecular weight excluding hydrogens is 508 g/mol. The summed E-state index contributed by atoms with van der Waals surface area (Å²) in [7, 11) is -1.03. The summed E-state index contributed by atoms with van der Waals surface area (Å²) in [4.78, 5) is 27.4. The summed E-state index contributed by atoms with van der Waals surface area (Å²) in [6.45, 7) is 1.66. The molecule has 0 spiro atoms. The molecule has 0 bridgehead atoms. The van der Waals surface area contributed by atoms with E-state index < -0.39 is 22.2 Å². The van der Waals surface area contributed by atoms with Gasteiger partial charge < -0.3 is 19.7 Å². The van der Waals surface area contributed by atoms with Crippen LogP contribution in [0.25, 0.3) is 0 Å². The maximum Gasteiger partial charge on any atom is 0.297 e. The summed E-state index contributed by atoms with van der Waals surface area (Å²) in [6, 6.07) is 19.0. The lowest BCUT2D eigenvalue weighted by Crippen LogP contribution is -2.71. The molecule has 1 fully saturated rings. The van der Waals surface area contributed by atoms with Gasteiger partial charge in [-0.2, -0.15) is 8.42 Å². The Hall–Kier alpha value is -3.89. The number of benzene rings is 3. The van der Waals surface area contributed by atoms with Crippen LogP contribution in [0.2, 0.25) is 0 Å². The smallest absolute Gasteiger partial charge is 0.297 e. The topological polar surface area (TPSA) is 111 Å². The van der Waals surface area contributed by atoms with Gasteiger partial charge in [-0.05, 0) is 36.8 Å². The first-order valence-corrected chi connectivity index (χ1v) is 13.4. The maximum atomic E-state index is 13.2. The van der Waals surface area contributed by atoms with E-state index in [-0.39, 0.29) is 36.3 Å². The summed E-state index contributed by atoms with van der Waals surface area (Å²) in [6.07, 6.45) is 0.0894. The van der Waals surface area contributed by atoms with Crippen molar-refractivity contribution < 1.29 is 31.7 Å². The number of hydrogen-bond donors (Lipinski definition) is 1. The second-order valence-corrected chi connectivity index (χ2v) is 10.6. The molecule has 38 heavy (non-hydrogen) atoms. The van der Waals surface area contributed by atoms with Crippen LogP contribution in [0.1, 0.15) is 16.7 Å².